The van der Waals surface area contributed by atoms with Crippen LogP contribution in [-0.2, 0) is 11.0 Å². The van der Waals surface area contributed by atoms with Crippen molar-refractivity contribution in [1.82, 2.24) is 19.8 Å². The molecule has 2 fully saturated rings. The summed E-state index contributed by atoms with van der Waals surface area (Å²) in [5, 5.41) is 6.15. The summed E-state index contributed by atoms with van der Waals surface area (Å²) in [4.78, 5) is 31.1. The van der Waals surface area contributed by atoms with Gasteiger partial charge in [-0.05, 0) is 49.9 Å². The molecule has 0 atom stereocenters. The molecule has 1 amide bonds. The van der Waals surface area contributed by atoms with Crippen LogP contribution in [0.5, 0.6) is 0 Å². The molecule has 2 aliphatic rings. The second-order valence-electron chi connectivity index (χ2n) is 9.80. The summed E-state index contributed by atoms with van der Waals surface area (Å²) >= 11 is 0. The number of aromatic nitrogens is 2. The van der Waals surface area contributed by atoms with Gasteiger partial charge in [-0.3, -0.25) is 14.5 Å². The van der Waals surface area contributed by atoms with E-state index < -0.39 is 11.7 Å². The Kier molecular flexibility index (Phi) is 6.80. The van der Waals surface area contributed by atoms with E-state index in [-0.39, 0.29) is 41.3 Å². The number of anilines is 2. The molecule has 11 heteroatoms. The number of alkyl halides is 3. The Balaban J connectivity index is 1.11. The number of pyridine rings is 2. The molecular formula is C26H29F3N6O2. The lowest BCUT2D eigenvalue weighted by molar-refractivity contribution is -0.137. The number of rotatable bonds is 6. The Morgan fingerprint density at radius 2 is 1.78 bits per heavy atom. The van der Waals surface area contributed by atoms with Crippen molar-refractivity contribution in [3.8, 4) is 0 Å². The minimum absolute atomic E-state index is 0.0276. The lowest BCUT2D eigenvalue weighted by Gasteiger charge is -2.46. The molecule has 4 N–H and O–H groups in total. The first-order valence-corrected chi connectivity index (χ1v) is 12.4. The van der Waals surface area contributed by atoms with Gasteiger partial charge in [-0.1, -0.05) is 6.07 Å². The predicted molar refractivity (Wildman–Crippen MR) is 135 cm³/mol. The molecule has 3 heterocycles. The fourth-order valence-electron chi connectivity index (χ4n) is 5.37. The van der Waals surface area contributed by atoms with Gasteiger partial charge in [0.05, 0.1) is 23.7 Å². The molecule has 0 radical (unpaired) electrons. The van der Waals surface area contributed by atoms with E-state index in [1.165, 1.54) is 12.1 Å². The van der Waals surface area contributed by atoms with Crippen LogP contribution in [0.25, 0.3) is 10.9 Å². The van der Waals surface area contributed by atoms with Crippen molar-refractivity contribution in [2.24, 2.45) is 0 Å². The molecule has 1 aliphatic carbocycles. The van der Waals surface area contributed by atoms with Gasteiger partial charge < -0.3 is 20.9 Å². The smallest absolute Gasteiger partial charge is 0.384 e. The number of nitrogens with two attached hydrogens (primary N) is 1. The lowest BCUT2D eigenvalue weighted by Crippen LogP contribution is -2.63. The number of hydrogen-bond acceptors (Lipinski definition) is 6. The molecule has 2 aromatic heterocycles. The zero-order valence-corrected chi connectivity index (χ0v) is 20.2. The van der Waals surface area contributed by atoms with Crippen LogP contribution in [0.4, 0.5) is 24.7 Å². The summed E-state index contributed by atoms with van der Waals surface area (Å²) in [6.45, 7) is 1.42. The topological polar surface area (TPSA) is 105 Å². The fraction of sp³-hybridized carbons (Fsp3) is 0.423. The van der Waals surface area contributed by atoms with Crippen LogP contribution in [-0.4, -0.2) is 52.1 Å². The highest BCUT2D eigenvalue weighted by molar-refractivity contribution is 5.95. The SMILES string of the molecule is Nc1cc(NCC(=O)NC2CN(C3CCC(n4ccccc4=O)CC3)C2)c2cc(C(F)(F)F)ccc2n1. The molecule has 37 heavy (non-hydrogen) atoms. The summed E-state index contributed by atoms with van der Waals surface area (Å²) in [6.07, 6.45) is 1.28. The van der Waals surface area contributed by atoms with Crippen LogP contribution in [0.15, 0.2) is 53.5 Å². The molecule has 3 aromatic rings. The van der Waals surface area contributed by atoms with Crippen LogP contribution in [0, 0.1) is 0 Å². The van der Waals surface area contributed by atoms with Crippen LogP contribution >= 0.6 is 0 Å². The molecule has 8 nitrogen and oxygen atoms in total. The molecule has 196 valence electrons. The van der Waals surface area contributed by atoms with Crippen LogP contribution in [0.2, 0.25) is 0 Å². The van der Waals surface area contributed by atoms with Crippen molar-refractivity contribution in [2.45, 2.75) is 50.0 Å². The van der Waals surface area contributed by atoms with E-state index in [1.54, 1.807) is 12.1 Å². The zero-order valence-electron chi connectivity index (χ0n) is 20.2. The van der Waals surface area contributed by atoms with Crippen molar-refractivity contribution < 1.29 is 18.0 Å². The van der Waals surface area contributed by atoms with Crippen molar-refractivity contribution >= 4 is 28.3 Å². The summed E-state index contributed by atoms with van der Waals surface area (Å²) in [5.41, 5.74) is 5.69. The van der Waals surface area contributed by atoms with Crippen molar-refractivity contribution in [1.29, 1.82) is 0 Å². The number of nitrogens with zero attached hydrogens (tertiary/aromatic N) is 3. The van der Waals surface area contributed by atoms with Gasteiger partial charge in [0.15, 0.2) is 0 Å². The van der Waals surface area contributed by atoms with Gasteiger partial charge >= 0.3 is 6.18 Å². The number of carbonyl (C=O) groups is 1. The fourth-order valence-corrected chi connectivity index (χ4v) is 5.37. The number of nitrogens with one attached hydrogen (secondary N) is 2. The summed E-state index contributed by atoms with van der Waals surface area (Å²) in [6, 6.07) is 10.6. The molecule has 1 aliphatic heterocycles. The maximum atomic E-state index is 13.2. The van der Waals surface area contributed by atoms with E-state index in [0.29, 0.717) is 17.2 Å². The first kappa shape index (κ1) is 25.1. The molecule has 0 bridgehead atoms. The number of amides is 1. The monoisotopic (exact) mass is 514 g/mol. The number of hydrogen-bond donors (Lipinski definition) is 3. The summed E-state index contributed by atoms with van der Waals surface area (Å²) in [5.74, 6) is -0.0935. The zero-order chi connectivity index (χ0) is 26.2. The van der Waals surface area contributed by atoms with Crippen molar-refractivity contribution in [3.05, 3.63) is 64.6 Å². The maximum Gasteiger partial charge on any atom is 0.416 e. The normalized spacial score (nSPS) is 20.9. The van der Waals surface area contributed by atoms with Gasteiger partial charge in [-0.2, -0.15) is 13.2 Å². The highest BCUT2D eigenvalue weighted by atomic mass is 19.4. The van der Waals surface area contributed by atoms with Gasteiger partial charge in [0.2, 0.25) is 5.91 Å². The van der Waals surface area contributed by atoms with Crippen molar-refractivity contribution in [3.63, 3.8) is 0 Å². The van der Waals surface area contributed by atoms with Gasteiger partial charge in [0.25, 0.3) is 5.56 Å². The summed E-state index contributed by atoms with van der Waals surface area (Å²) < 4.78 is 41.3. The molecule has 1 saturated heterocycles. The van der Waals surface area contributed by atoms with Gasteiger partial charge in [0, 0.05) is 54.6 Å². The van der Waals surface area contributed by atoms with Crippen LogP contribution in [0.3, 0.4) is 0 Å². The second kappa shape index (κ2) is 10.0. The minimum atomic E-state index is -4.49. The van der Waals surface area contributed by atoms with Crippen LogP contribution in [0.1, 0.15) is 37.3 Å². The van der Waals surface area contributed by atoms with E-state index in [1.807, 2.05) is 16.8 Å². The first-order valence-electron chi connectivity index (χ1n) is 12.4. The third kappa shape index (κ3) is 5.56. The van der Waals surface area contributed by atoms with Gasteiger partial charge in [-0.25, -0.2) is 4.98 Å². The van der Waals surface area contributed by atoms with Crippen molar-refractivity contribution in [2.75, 3.05) is 30.7 Å². The van der Waals surface area contributed by atoms with Gasteiger partial charge in [-0.15, -0.1) is 0 Å². The number of nitrogen functional groups attached to an aromatic ring is 1. The molecule has 0 spiro atoms. The Labute approximate surface area is 211 Å². The number of benzene rings is 1. The van der Waals surface area contributed by atoms with Gasteiger partial charge in [0.1, 0.15) is 5.82 Å². The van der Waals surface area contributed by atoms with E-state index in [2.05, 4.69) is 20.5 Å². The van der Waals surface area contributed by atoms with E-state index in [0.717, 1.165) is 50.9 Å². The molecule has 1 aromatic carbocycles. The Hall–Kier alpha value is -3.60. The molecule has 0 unspecified atom stereocenters. The highest BCUT2D eigenvalue weighted by Gasteiger charge is 2.35. The number of halogens is 3. The Bertz CT molecular complexity index is 1340. The van der Waals surface area contributed by atoms with E-state index in [4.69, 9.17) is 5.73 Å². The third-order valence-electron chi connectivity index (χ3n) is 7.30. The Morgan fingerprint density at radius 1 is 1.05 bits per heavy atom. The predicted octanol–water partition coefficient (Wildman–Crippen LogP) is 3.39. The average molecular weight is 515 g/mol. The van der Waals surface area contributed by atoms with E-state index >= 15 is 0 Å². The molecule has 5 rings (SSSR count). The average Bonchev–Trinajstić information content (AvgIpc) is 2.84. The quantitative estimate of drug-likeness (QED) is 0.466. The highest BCUT2D eigenvalue weighted by Crippen LogP contribution is 2.34. The minimum Gasteiger partial charge on any atom is -0.384 e. The molecular weight excluding hydrogens is 485 g/mol. The third-order valence-corrected chi connectivity index (χ3v) is 7.30. The lowest BCUT2D eigenvalue weighted by atomic mass is 9.88. The number of likely N-dealkylation sites (tertiary alicyclic amines) is 1. The summed E-state index contributed by atoms with van der Waals surface area (Å²) in [7, 11) is 0. The van der Waals surface area contributed by atoms with Crippen LogP contribution < -0.4 is 21.9 Å². The Morgan fingerprint density at radius 3 is 2.49 bits per heavy atom. The number of carbonyl (C=O) groups excluding carboxylic acids is 1. The standard InChI is InChI=1S/C26H29F3N6O2/c27-26(28,29)16-4-9-21-20(11-16)22(12-23(30)33-21)31-13-24(36)32-17-14-34(15-17)18-5-7-19(8-6-18)35-10-2-1-3-25(35)37/h1-4,9-12,17-19H,5-8,13-15H2,(H,32,36)(H3,30,31,33). The second-order valence-corrected chi connectivity index (χ2v) is 9.80. The number of fused-ring (bicyclic) bond motifs is 1. The first-order chi connectivity index (χ1) is 17.7. The largest absolute Gasteiger partial charge is 0.416 e. The molecule has 1 saturated carbocycles. The maximum absolute atomic E-state index is 13.2. The van der Waals surface area contributed by atoms with E-state index in [9.17, 15) is 22.8 Å².